The number of rotatable bonds is 7. The third-order valence-electron chi connectivity index (χ3n) is 4.70. The zero-order valence-electron chi connectivity index (χ0n) is 15.9. The van der Waals surface area contributed by atoms with E-state index in [2.05, 4.69) is 15.6 Å². The number of aliphatic imine (C=N–C) groups is 1. The Morgan fingerprint density at radius 1 is 1.19 bits per heavy atom. The summed E-state index contributed by atoms with van der Waals surface area (Å²) in [5, 5.41) is 16.2. The Morgan fingerprint density at radius 3 is 2.50 bits per heavy atom. The second kappa shape index (κ2) is 10.8. The lowest BCUT2D eigenvalue weighted by Crippen LogP contribution is -2.46. The molecule has 144 valence electrons. The highest BCUT2D eigenvalue weighted by atomic mass is 16.3. The Hall–Kier alpha value is -2.08. The van der Waals surface area contributed by atoms with Gasteiger partial charge in [-0.25, -0.2) is 4.99 Å². The summed E-state index contributed by atoms with van der Waals surface area (Å²) in [7, 11) is 0. The van der Waals surface area contributed by atoms with Gasteiger partial charge < -0.3 is 20.6 Å². The highest BCUT2D eigenvalue weighted by molar-refractivity contribution is 5.85. The van der Waals surface area contributed by atoms with E-state index >= 15 is 0 Å². The zero-order chi connectivity index (χ0) is 18.8. The van der Waals surface area contributed by atoms with Crippen LogP contribution in [0.15, 0.2) is 35.3 Å². The average molecular weight is 361 g/mol. The summed E-state index contributed by atoms with van der Waals surface area (Å²) in [6.45, 7) is 6.14. The van der Waals surface area contributed by atoms with E-state index in [1.54, 1.807) is 0 Å². The highest BCUT2D eigenvalue weighted by Crippen LogP contribution is 2.18. The number of nitrogens with zero attached hydrogens (tertiary/aromatic N) is 2. The van der Waals surface area contributed by atoms with Crippen LogP contribution in [-0.2, 0) is 11.3 Å². The Bertz CT molecular complexity index is 568. The Morgan fingerprint density at radius 2 is 1.88 bits per heavy atom. The van der Waals surface area contributed by atoms with Crippen molar-refractivity contribution < 1.29 is 9.90 Å². The molecule has 0 unspecified atom stereocenters. The lowest BCUT2D eigenvalue weighted by atomic mass is 9.93. The van der Waals surface area contributed by atoms with E-state index < -0.39 is 0 Å². The maximum Gasteiger partial charge on any atom is 0.244 e. The molecule has 1 aromatic rings. The molecular weight excluding hydrogens is 328 g/mol. The summed E-state index contributed by atoms with van der Waals surface area (Å²) in [5.74, 6) is 0.700. The number of carbonyl (C=O) groups is 1. The minimum absolute atomic E-state index is 0.0209. The fraction of sp³-hybridized carbons (Fsp3) is 0.600. The molecule has 3 N–H and O–H groups in total. The molecule has 1 fully saturated rings. The van der Waals surface area contributed by atoms with Gasteiger partial charge >= 0.3 is 0 Å². The van der Waals surface area contributed by atoms with E-state index in [4.69, 9.17) is 0 Å². The summed E-state index contributed by atoms with van der Waals surface area (Å²) < 4.78 is 0. The number of hydrogen-bond acceptors (Lipinski definition) is 3. The molecule has 0 heterocycles. The maximum absolute atomic E-state index is 12.6. The van der Waals surface area contributed by atoms with Gasteiger partial charge in [-0.1, -0.05) is 30.3 Å². The van der Waals surface area contributed by atoms with Crippen molar-refractivity contribution in [3.05, 3.63) is 35.9 Å². The molecule has 0 saturated heterocycles. The van der Waals surface area contributed by atoms with Crippen LogP contribution < -0.4 is 10.6 Å². The number of hydrogen-bond donors (Lipinski definition) is 3. The van der Waals surface area contributed by atoms with Crippen molar-refractivity contribution in [3.8, 4) is 0 Å². The highest BCUT2D eigenvalue weighted by Gasteiger charge is 2.20. The van der Waals surface area contributed by atoms with Gasteiger partial charge in [-0.3, -0.25) is 4.79 Å². The smallest absolute Gasteiger partial charge is 0.244 e. The molecule has 1 aromatic carbocycles. The van der Waals surface area contributed by atoms with Crippen molar-refractivity contribution in [3.63, 3.8) is 0 Å². The number of carbonyl (C=O) groups excluding carboxylic acids is 1. The van der Waals surface area contributed by atoms with Crippen LogP contribution in [0.25, 0.3) is 0 Å². The van der Waals surface area contributed by atoms with Gasteiger partial charge in [0, 0.05) is 25.7 Å². The van der Waals surface area contributed by atoms with E-state index in [-0.39, 0.29) is 18.6 Å². The molecule has 0 aliphatic heterocycles. The lowest BCUT2D eigenvalue weighted by Gasteiger charge is -2.27. The third-order valence-corrected chi connectivity index (χ3v) is 4.70. The summed E-state index contributed by atoms with van der Waals surface area (Å²) in [5.41, 5.74) is 1.12. The molecule has 0 bridgehead atoms. The lowest BCUT2D eigenvalue weighted by molar-refractivity contribution is -0.130. The van der Waals surface area contributed by atoms with Crippen molar-refractivity contribution in [1.29, 1.82) is 0 Å². The van der Waals surface area contributed by atoms with E-state index in [0.717, 1.165) is 37.8 Å². The molecule has 1 amide bonds. The number of aliphatic hydroxyl groups is 1. The van der Waals surface area contributed by atoms with Gasteiger partial charge in [-0.05, 0) is 45.1 Å². The Kier molecular flexibility index (Phi) is 8.41. The van der Waals surface area contributed by atoms with Gasteiger partial charge in [0.15, 0.2) is 5.96 Å². The molecule has 0 spiro atoms. The molecule has 1 aliphatic carbocycles. The number of guanidine groups is 1. The normalized spacial score (nSPS) is 20.5. The van der Waals surface area contributed by atoms with E-state index in [1.165, 1.54) is 0 Å². The zero-order valence-corrected chi connectivity index (χ0v) is 15.9. The molecule has 0 atom stereocenters. The van der Waals surface area contributed by atoms with Crippen molar-refractivity contribution >= 4 is 11.9 Å². The van der Waals surface area contributed by atoms with Crippen LogP contribution >= 0.6 is 0 Å². The largest absolute Gasteiger partial charge is 0.393 e. The van der Waals surface area contributed by atoms with Gasteiger partial charge in [0.2, 0.25) is 5.91 Å². The summed E-state index contributed by atoms with van der Waals surface area (Å²) >= 11 is 0. The van der Waals surface area contributed by atoms with Crippen LogP contribution in [0.4, 0.5) is 0 Å². The number of aliphatic hydroxyl groups excluding tert-OH is 1. The molecule has 1 aliphatic rings. The molecule has 0 radical (unpaired) electrons. The van der Waals surface area contributed by atoms with Crippen molar-refractivity contribution in [2.45, 2.75) is 58.2 Å². The van der Waals surface area contributed by atoms with Crippen LogP contribution in [0.1, 0.15) is 45.1 Å². The molecule has 6 heteroatoms. The van der Waals surface area contributed by atoms with Crippen LogP contribution in [0, 0.1) is 0 Å². The van der Waals surface area contributed by atoms with Gasteiger partial charge in [-0.2, -0.15) is 0 Å². The van der Waals surface area contributed by atoms with Gasteiger partial charge in [0.25, 0.3) is 0 Å². The first-order chi connectivity index (χ1) is 12.6. The van der Waals surface area contributed by atoms with E-state index in [9.17, 15) is 9.90 Å². The monoisotopic (exact) mass is 360 g/mol. The summed E-state index contributed by atoms with van der Waals surface area (Å²) in [6, 6.07) is 10.3. The van der Waals surface area contributed by atoms with Gasteiger partial charge in [0.05, 0.1) is 6.10 Å². The summed E-state index contributed by atoms with van der Waals surface area (Å²) in [4.78, 5) is 18.8. The predicted octanol–water partition coefficient (Wildman–Crippen LogP) is 1.89. The number of nitrogens with one attached hydrogen (secondary N) is 2. The van der Waals surface area contributed by atoms with Crippen LogP contribution in [0.3, 0.4) is 0 Å². The molecule has 26 heavy (non-hydrogen) atoms. The summed E-state index contributed by atoms with van der Waals surface area (Å²) in [6.07, 6.45) is 3.31. The number of likely N-dealkylation sites (N-methyl/N-ethyl adjacent to an activating group) is 1. The van der Waals surface area contributed by atoms with Crippen molar-refractivity contribution in [2.24, 2.45) is 4.99 Å². The van der Waals surface area contributed by atoms with Crippen LogP contribution in [0.5, 0.6) is 0 Å². The molecule has 1 saturated carbocycles. The first-order valence-corrected chi connectivity index (χ1v) is 9.67. The Labute approximate surface area is 156 Å². The fourth-order valence-electron chi connectivity index (χ4n) is 3.16. The quantitative estimate of drug-likeness (QED) is 0.513. The average Bonchev–Trinajstić information content (AvgIpc) is 2.66. The Balaban J connectivity index is 1.90. The number of amides is 1. The van der Waals surface area contributed by atoms with Crippen LogP contribution in [0.2, 0.25) is 0 Å². The minimum Gasteiger partial charge on any atom is -0.393 e. The first kappa shape index (κ1) is 20.2. The second-order valence-corrected chi connectivity index (χ2v) is 6.74. The van der Waals surface area contributed by atoms with Gasteiger partial charge in [-0.15, -0.1) is 0 Å². The first-order valence-electron chi connectivity index (χ1n) is 9.67. The van der Waals surface area contributed by atoms with E-state index in [0.29, 0.717) is 25.1 Å². The SMILES string of the molecule is CCNC(=NCC(=O)N(CC)Cc1ccccc1)NC1CCC(O)CC1. The van der Waals surface area contributed by atoms with Crippen molar-refractivity contribution in [1.82, 2.24) is 15.5 Å². The number of benzene rings is 1. The van der Waals surface area contributed by atoms with Crippen molar-refractivity contribution in [2.75, 3.05) is 19.6 Å². The second-order valence-electron chi connectivity index (χ2n) is 6.74. The third kappa shape index (κ3) is 6.67. The topological polar surface area (TPSA) is 77.0 Å². The van der Waals surface area contributed by atoms with E-state index in [1.807, 2.05) is 49.1 Å². The maximum atomic E-state index is 12.6. The molecule has 2 rings (SSSR count). The van der Waals surface area contributed by atoms with Gasteiger partial charge in [0.1, 0.15) is 6.54 Å². The molecule has 0 aromatic heterocycles. The standard InChI is InChI=1S/C20H32N4O2/c1-3-21-20(23-17-10-12-18(25)13-11-17)22-14-19(26)24(4-2)15-16-8-6-5-7-9-16/h5-9,17-18,25H,3-4,10-15H2,1-2H3,(H2,21,22,23). The molecule has 6 nitrogen and oxygen atoms in total. The predicted molar refractivity (Wildman–Crippen MR) is 105 cm³/mol. The minimum atomic E-state index is -0.176. The fourth-order valence-corrected chi connectivity index (χ4v) is 3.16. The van der Waals surface area contributed by atoms with Crippen LogP contribution in [-0.4, -0.2) is 53.7 Å². The molecular formula is C20H32N4O2.